The summed E-state index contributed by atoms with van der Waals surface area (Å²) >= 11 is 5.78. The van der Waals surface area contributed by atoms with E-state index in [0.717, 1.165) is 12.0 Å². The van der Waals surface area contributed by atoms with Crippen molar-refractivity contribution in [3.05, 3.63) is 28.8 Å². The van der Waals surface area contributed by atoms with E-state index in [0.29, 0.717) is 5.92 Å². The van der Waals surface area contributed by atoms with Crippen molar-refractivity contribution in [2.24, 2.45) is 0 Å². The fourth-order valence-electron chi connectivity index (χ4n) is 1.27. The molecule has 1 rings (SSSR count). The molecule has 0 bridgehead atoms. The van der Waals surface area contributed by atoms with Crippen LogP contribution in [0.1, 0.15) is 31.7 Å². The Hall–Kier alpha value is -0.580. The van der Waals surface area contributed by atoms with E-state index in [1.54, 1.807) is 12.1 Å². The Kier molecular flexibility index (Phi) is 3.76. The van der Waals surface area contributed by atoms with Crippen LogP contribution in [0, 0.1) is 0 Å². The zero-order chi connectivity index (χ0) is 11.6. The first-order valence-electron chi connectivity index (χ1n) is 4.63. The van der Waals surface area contributed by atoms with Gasteiger partial charge in [-0.3, -0.25) is 4.55 Å². The Bertz CT molecular complexity index is 454. The number of hydrogen-bond donors (Lipinski definition) is 1. The van der Waals surface area contributed by atoms with Gasteiger partial charge in [-0.05, 0) is 30.0 Å². The lowest BCUT2D eigenvalue weighted by molar-refractivity contribution is 0.483. The lowest BCUT2D eigenvalue weighted by Gasteiger charge is -2.10. The molecule has 84 valence electrons. The smallest absolute Gasteiger partial charge is 0.282 e. The zero-order valence-corrected chi connectivity index (χ0v) is 10.1. The fraction of sp³-hybridized carbons (Fsp3) is 0.400. The van der Waals surface area contributed by atoms with Gasteiger partial charge in [0.2, 0.25) is 0 Å². The van der Waals surface area contributed by atoms with Crippen molar-refractivity contribution in [2.75, 3.05) is 0 Å². The van der Waals surface area contributed by atoms with Crippen LogP contribution in [-0.2, 0) is 10.1 Å². The minimum absolute atomic E-state index is 0.0651. The van der Waals surface area contributed by atoms with E-state index in [-0.39, 0.29) is 9.92 Å². The van der Waals surface area contributed by atoms with Gasteiger partial charge in [0.15, 0.2) is 0 Å². The predicted molar refractivity (Wildman–Crippen MR) is 60.0 cm³/mol. The van der Waals surface area contributed by atoms with Crippen LogP contribution in [0.3, 0.4) is 0 Å². The van der Waals surface area contributed by atoms with Crippen molar-refractivity contribution in [1.82, 2.24) is 0 Å². The fourth-order valence-corrected chi connectivity index (χ4v) is 2.30. The highest BCUT2D eigenvalue weighted by Crippen LogP contribution is 2.27. The van der Waals surface area contributed by atoms with Crippen LogP contribution >= 0.6 is 11.6 Å². The molecular formula is C10H13ClO3S. The SMILES string of the molecule is CCC(C)c1ccc(S(=O)(=O)O)c(Cl)c1. The molecule has 0 amide bonds. The second-order valence-electron chi connectivity index (χ2n) is 3.47. The summed E-state index contributed by atoms with van der Waals surface area (Å²) in [5.74, 6) is 0.318. The third-order valence-electron chi connectivity index (χ3n) is 2.42. The lowest BCUT2D eigenvalue weighted by Crippen LogP contribution is -2.00. The normalized spacial score (nSPS) is 13.9. The van der Waals surface area contributed by atoms with Gasteiger partial charge in [0.25, 0.3) is 10.1 Å². The number of benzene rings is 1. The summed E-state index contributed by atoms with van der Waals surface area (Å²) < 4.78 is 30.6. The molecule has 0 fully saturated rings. The molecule has 1 atom stereocenters. The third-order valence-corrected chi connectivity index (χ3v) is 3.75. The van der Waals surface area contributed by atoms with Crippen LogP contribution in [0.4, 0.5) is 0 Å². The van der Waals surface area contributed by atoms with E-state index >= 15 is 0 Å². The van der Waals surface area contributed by atoms with E-state index < -0.39 is 10.1 Å². The quantitative estimate of drug-likeness (QED) is 0.837. The highest BCUT2D eigenvalue weighted by Gasteiger charge is 2.15. The monoisotopic (exact) mass is 248 g/mol. The summed E-state index contributed by atoms with van der Waals surface area (Å²) in [6.45, 7) is 4.06. The molecule has 1 unspecified atom stereocenters. The van der Waals surface area contributed by atoms with Gasteiger partial charge in [0.1, 0.15) is 4.90 Å². The molecule has 3 nitrogen and oxygen atoms in total. The Balaban J connectivity index is 3.21. The maximum atomic E-state index is 10.9. The summed E-state index contributed by atoms with van der Waals surface area (Å²) in [5, 5.41) is 0.0651. The minimum atomic E-state index is -4.21. The van der Waals surface area contributed by atoms with Crippen molar-refractivity contribution in [2.45, 2.75) is 31.1 Å². The largest absolute Gasteiger partial charge is 0.296 e. The maximum Gasteiger partial charge on any atom is 0.296 e. The molecule has 0 heterocycles. The van der Waals surface area contributed by atoms with Crippen LogP contribution in [0.25, 0.3) is 0 Å². The molecule has 0 saturated heterocycles. The molecule has 0 spiro atoms. The first kappa shape index (κ1) is 12.5. The zero-order valence-electron chi connectivity index (χ0n) is 8.57. The summed E-state index contributed by atoms with van der Waals surface area (Å²) in [4.78, 5) is -0.240. The summed E-state index contributed by atoms with van der Waals surface area (Å²) in [7, 11) is -4.21. The predicted octanol–water partition coefficient (Wildman–Crippen LogP) is 3.10. The van der Waals surface area contributed by atoms with Crippen LogP contribution in [-0.4, -0.2) is 13.0 Å². The molecule has 1 aromatic rings. The Morgan fingerprint density at radius 2 is 2.07 bits per heavy atom. The molecule has 0 saturated carbocycles. The Morgan fingerprint density at radius 3 is 2.47 bits per heavy atom. The molecular weight excluding hydrogens is 236 g/mol. The second-order valence-corrected chi connectivity index (χ2v) is 5.27. The van der Waals surface area contributed by atoms with Crippen LogP contribution in [0.5, 0.6) is 0 Å². The van der Waals surface area contributed by atoms with Gasteiger partial charge in [-0.1, -0.05) is 31.5 Å². The second kappa shape index (κ2) is 4.51. The van der Waals surface area contributed by atoms with E-state index in [4.69, 9.17) is 16.2 Å². The van der Waals surface area contributed by atoms with Crippen LogP contribution < -0.4 is 0 Å². The molecule has 0 aromatic heterocycles. The molecule has 5 heteroatoms. The topological polar surface area (TPSA) is 54.4 Å². The molecule has 0 radical (unpaired) electrons. The van der Waals surface area contributed by atoms with E-state index in [1.807, 2.05) is 13.8 Å². The molecule has 0 aliphatic heterocycles. The standard InChI is InChI=1S/C10H13ClO3S/c1-3-7(2)8-4-5-10(9(11)6-8)15(12,13)14/h4-7H,3H2,1-2H3,(H,12,13,14). The van der Waals surface area contributed by atoms with Gasteiger partial charge in [-0.2, -0.15) is 8.42 Å². The highest BCUT2D eigenvalue weighted by atomic mass is 35.5. The van der Waals surface area contributed by atoms with E-state index in [9.17, 15) is 8.42 Å². The van der Waals surface area contributed by atoms with Gasteiger partial charge in [0.05, 0.1) is 5.02 Å². The van der Waals surface area contributed by atoms with E-state index in [1.165, 1.54) is 6.07 Å². The maximum absolute atomic E-state index is 10.9. The van der Waals surface area contributed by atoms with Crippen LogP contribution in [0.15, 0.2) is 23.1 Å². The van der Waals surface area contributed by atoms with Gasteiger partial charge in [0, 0.05) is 0 Å². The van der Waals surface area contributed by atoms with Crippen LogP contribution in [0.2, 0.25) is 5.02 Å². The van der Waals surface area contributed by atoms with Crippen molar-refractivity contribution in [3.8, 4) is 0 Å². The average molecular weight is 249 g/mol. The first-order valence-corrected chi connectivity index (χ1v) is 6.45. The molecule has 15 heavy (non-hydrogen) atoms. The average Bonchev–Trinajstić information content (AvgIpc) is 2.14. The van der Waals surface area contributed by atoms with Crippen molar-refractivity contribution >= 4 is 21.7 Å². The number of hydrogen-bond acceptors (Lipinski definition) is 2. The molecule has 1 aromatic carbocycles. The lowest BCUT2D eigenvalue weighted by atomic mass is 9.99. The molecule has 0 aliphatic rings. The minimum Gasteiger partial charge on any atom is -0.282 e. The highest BCUT2D eigenvalue weighted by molar-refractivity contribution is 7.86. The number of rotatable bonds is 3. The van der Waals surface area contributed by atoms with Gasteiger partial charge >= 0.3 is 0 Å². The Morgan fingerprint density at radius 1 is 1.47 bits per heavy atom. The van der Waals surface area contributed by atoms with Gasteiger partial charge in [-0.25, -0.2) is 0 Å². The molecule has 0 aliphatic carbocycles. The number of halogens is 1. The summed E-state index contributed by atoms with van der Waals surface area (Å²) in [5.41, 5.74) is 0.968. The van der Waals surface area contributed by atoms with Gasteiger partial charge < -0.3 is 0 Å². The summed E-state index contributed by atoms with van der Waals surface area (Å²) in [6, 6.07) is 4.58. The van der Waals surface area contributed by atoms with Gasteiger partial charge in [-0.15, -0.1) is 0 Å². The summed E-state index contributed by atoms with van der Waals surface area (Å²) in [6.07, 6.45) is 0.946. The van der Waals surface area contributed by atoms with Crippen molar-refractivity contribution < 1.29 is 13.0 Å². The van der Waals surface area contributed by atoms with E-state index in [2.05, 4.69) is 0 Å². The van der Waals surface area contributed by atoms with Crippen molar-refractivity contribution in [3.63, 3.8) is 0 Å². The molecule has 1 N–H and O–H groups in total. The Labute approximate surface area is 94.8 Å². The first-order chi connectivity index (χ1) is 6.86. The third kappa shape index (κ3) is 2.93. The van der Waals surface area contributed by atoms with Crippen molar-refractivity contribution in [1.29, 1.82) is 0 Å².